The predicted octanol–water partition coefficient (Wildman–Crippen LogP) is 1.92. The van der Waals surface area contributed by atoms with Gasteiger partial charge >= 0.3 is 0 Å². The van der Waals surface area contributed by atoms with Crippen molar-refractivity contribution in [2.24, 2.45) is 5.73 Å². The molecule has 1 aromatic rings. The molecule has 0 unspecified atom stereocenters. The smallest absolute Gasteiger partial charge is 0.133 e. The molecule has 14 heavy (non-hydrogen) atoms. The van der Waals surface area contributed by atoms with Crippen LogP contribution in [0.1, 0.15) is 24.0 Å². The topological polar surface area (TPSA) is 35.2 Å². The van der Waals surface area contributed by atoms with Crippen LogP contribution >= 0.6 is 0 Å². The van der Waals surface area contributed by atoms with Gasteiger partial charge in [-0.05, 0) is 12.8 Å². The van der Waals surface area contributed by atoms with Gasteiger partial charge in [0.05, 0.1) is 6.61 Å². The van der Waals surface area contributed by atoms with E-state index in [9.17, 15) is 4.39 Å². The molecule has 2 nitrogen and oxygen atoms in total. The van der Waals surface area contributed by atoms with E-state index in [0.29, 0.717) is 17.7 Å². The predicted molar refractivity (Wildman–Crippen MR) is 52.2 cm³/mol. The van der Waals surface area contributed by atoms with Crippen LogP contribution in [0.3, 0.4) is 0 Å². The summed E-state index contributed by atoms with van der Waals surface area (Å²) in [6.45, 7) is 0.301. The van der Waals surface area contributed by atoms with Crippen molar-refractivity contribution >= 4 is 0 Å². The van der Waals surface area contributed by atoms with E-state index in [1.165, 1.54) is 0 Å². The summed E-state index contributed by atoms with van der Waals surface area (Å²) >= 11 is 0. The van der Waals surface area contributed by atoms with Gasteiger partial charge in [-0.15, -0.1) is 0 Å². The lowest BCUT2D eigenvalue weighted by Crippen LogP contribution is -2.21. The third-order valence-electron chi connectivity index (χ3n) is 2.70. The van der Waals surface area contributed by atoms with Crippen LogP contribution in [0.25, 0.3) is 0 Å². The molecule has 0 bridgehead atoms. The van der Waals surface area contributed by atoms with E-state index in [-0.39, 0.29) is 5.82 Å². The second-order valence-electron chi connectivity index (χ2n) is 3.87. The Bertz CT molecular complexity index is 347. The fourth-order valence-corrected chi connectivity index (χ4v) is 1.64. The number of methoxy groups -OCH3 is 1. The van der Waals surface area contributed by atoms with Gasteiger partial charge in [0.25, 0.3) is 0 Å². The Morgan fingerprint density at radius 2 is 2.21 bits per heavy atom. The fourth-order valence-electron chi connectivity index (χ4n) is 1.64. The molecule has 0 aliphatic heterocycles. The van der Waals surface area contributed by atoms with Gasteiger partial charge in [-0.1, -0.05) is 18.2 Å². The van der Waals surface area contributed by atoms with Crippen molar-refractivity contribution in [1.29, 1.82) is 0 Å². The van der Waals surface area contributed by atoms with Gasteiger partial charge in [-0.3, -0.25) is 0 Å². The monoisotopic (exact) mass is 195 g/mol. The zero-order valence-corrected chi connectivity index (χ0v) is 8.22. The van der Waals surface area contributed by atoms with Crippen molar-refractivity contribution in [2.75, 3.05) is 7.11 Å². The van der Waals surface area contributed by atoms with E-state index >= 15 is 0 Å². The van der Waals surface area contributed by atoms with E-state index in [4.69, 9.17) is 10.5 Å². The van der Waals surface area contributed by atoms with E-state index < -0.39 is 5.54 Å². The molecule has 0 radical (unpaired) electrons. The van der Waals surface area contributed by atoms with Crippen LogP contribution in [0.15, 0.2) is 18.2 Å². The van der Waals surface area contributed by atoms with Gasteiger partial charge in [0.15, 0.2) is 0 Å². The zero-order chi connectivity index (χ0) is 10.2. The fraction of sp³-hybridized carbons (Fsp3) is 0.455. The second-order valence-corrected chi connectivity index (χ2v) is 3.87. The van der Waals surface area contributed by atoms with E-state index in [1.54, 1.807) is 19.2 Å². The summed E-state index contributed by atoms with van der Waals surface area (Å²) in [6.07, 6.45) is 1.75. The van der Waals surface area contributed by atoms with Crippen LogP contribution in [0.2, 0.25) is 0 Å². The number of nitrogens with two attached hydrogens (primary N) is 1. The number of hydrogen-bond acceptors (Lipinski definition) is 2. The first-order valence-electron chi connectivity index (χ1n) is 4.73. The van der Waals surface area contributed by atoms with Gasteiger partial charge in [0, 0.05) is 23.8 Å². The van der Waals surface area contributed by atoms with Crippen molar-refractivity contribution in [3.8, 4) is 0 Å². The number of rotatable bonds is 3. The lowest BCUT2D eigenvalue weighted by Gasteiger charge is -2.12. The summed E-state index contributed by atoms with van der Waals surface area (Å²) in [5.74, 6) is -0.200. The van der Waals surface area contributed by atoms with Crippen molar-refractivity contribution in [1.82, 2.24) is 0 Å². The van der Waals surface area contributed by atoms with Crippen LogP contribution in [-0.4, -0.2) is 7.11 Å². The van der Waals surface area contributed by atoms with Gasteiger partial charge in [0.1, 0.15) is 5.82 Å². The summed E-state index contributed by atoms with van der Waals surface area (Å²) in [6, 6.07) is 5.33. The molecule has 0 spiro atoms. The Morgan fingerprint density at radius 3 is 2.79 bits per heavy atom. The third-order valence-corrected chi connectivity index (χ3v) is 2.70. The second kappa shape index (κ2) is 3.33. The molecular weight excluding hydrogens is 181 g/mol. The summed E-state index contributed by atoms with van der Waals surface area (Å²) in [5, 5.41) is 0. The molecule has 76 valence electrons. The van der Waals surface area contributed by atoms with Gasteiger partial charge in [0.2, 0.25) is 0 Å². The Balaban J connectivity index is 2.37. The summed E-state index contributed by atoms with van der Waals surface area (Å²) in [4.78, 5) is 0. The molecule has 0 heterocycles. The first kappa shape index (κ1) is 9.62. The van der Waals surface area contributed by atoms with Crippen LogP contribution in [-0.2, 0) is 16.9 Å². The van der Waals surface area contributed by atoms with Crippen molar-refractivity contribution < 1.29 is 9.13 Å². The molecule has 1 aliphatic rings. The van der Waals surface area contributed by atoms with Gasteiger partial charge in [-0.2, -0.15) is 0 Å². The first-order valence-corrected chi connectivity index (χ1v) is 4.73. The molecule has 3 heteroatoms. The van der Waals surface area contributed by atoms with Crippen molar-refractivity contribution in [3.63, 3.8) is 0 Å². The molecule has 0 aromatic heterocycles. The largest absolute Gasteiger partial charge is 0.380 e. The molecule has 0 amide bonds. The minimum Gasteiger partial charge on any atom is -0.380 e. The number of halogens is 1. The lowest BCUT2D eigenvalue weighted by atomic mass is 10.0. The summed E-state index contributed by atoms with van der Waals surface area (Å²) in [5.41, 5.74) is 6.76. The Morgan fingerprint density at radius 1 is 1.50 bits per heavy atom. The Labute approximate surface area is 82.9 Å². The molecular formula is C11H14FNO. The summed E-state index contributed by atoms with van der Waals surface area (Å²) < 4.78 is 18.8. The lowest BCUT2D eigenvalue weighted by molar-refractivity contribution is 0.181. The highest BCUT2D eigenvalue weighted by molar-refractivity contribution is 5.34. The van der Waals surface area contributed by atoms with Crippen LogP contribution < -0.4 is 5.73 Å². The number of ether oxygens (including phenoxy) is 1. The minimum absolute atomic E-state index is 0.200. The van der Waals surface area contributed by atoms with Crippen LogP contribution in [0, 0.1) is 5.82 Å². The highest BCUT2D eigenvalue weighted by atomic mass is 19.1. The van der Waals surface area contributed by atoms with Crippen molar-refractivity contribution in [2.45, 2.75) is 25.0 Å². The third kappa shape index (κ3) is 1.53. The maximum Gasteiger partial charge on any atom is 0.133 e. The molecule has 1 saturated carbocycles. The minimum atomic E-state index is -0.409. The van der Waals surface area contributed by atoms with E-state index in [0.717, 1.165) is 12.8 Å². The molecule has 1 aromatic carbocycles. The maximum absolute atomic E-state index is 13.8. The Kier molecular flexibility index (Phi) is 2.29. The van der Waals surface area contributed by atoms with Gasteiger partial charge < -0.3 is 10.5 Å². The Hall–Kier alpha value is -0.930. The van der Waals surface area contributed by atoms with E-state index in [2.05, 4.69) is 0 Å². The SMILES string of the molecule is COCc1cccc(C2(N)CC2)c1F. The molecule has 0 atom stereocenters. The molecule has 0 saturated heterocycles. The molecule has 2 N–H and O–H groups in total. The first-order chi connectivity index (χ1) is 6.67. The zero-order valence-electron chi connectivity index (χ0n) is 8.22. The quantitative estimate of drug-likeness (QED) is 0.799. The molecule has 1 aliphatic carbocycles. The number of hydrogen-bond donors (Lipinski definition) is 1. The average Bonchev–Trinajstić information content (AvgIpc) is 2.89. The van der Waals surface area contributed by atoms with E-state index in [1.807, 2.05) is 6.07 Å². The highest BCUT2D eigenvalue weighted by Crippen LogP contribution is 2.44. The average molecular weight is 195 g/mol. The van der Waals surface area contributed by atoms with Crippen molar-refractivity contribution in [3.05, 3.63) is 35.1 Å². The highest BCUT2D eigenvalue weighted by Gasteiger charge is 2.42. The summed E-state index contributed by atoms with van der Waals surface area (Å²) in [7, 11) is 1.56. The standard InChI is InChI=1S/C11H14FNO/c1-14-7-8-3-2-4-9(10(8)12)11(13)5-6-11/h2-4H,5-7,13H2,1H3. The van der Waals surface area contributed by atoms with Crippen LogP contribution in [0.4, 0.5) is 4.39 Å². The van der Waals surface area contributed by atoms with Gasteiger partial charge in [-0.25, -0.2) is 4.39 Å². The molecule has 1 fully saturated rings. The number of benzene rings is 1. The maximum atomic E-state index is 13.8. The normalized spacial score (nSPS) is 18.2. The van der Waals surface area contributed by atoms with Crippen LogP contribution in [0.5, 0.6) is 0 Å². The molecule has 2 rings (SSSR count).